The van der Waals surface area contributed by atoms with E-state index in [4.69, 9.17) is 15.0 Å². The van der Waals surface area contributed by atoms with Crippen LogP contribution in [0.2, 0.25) is 0 Å². The zero-order valence-electron chi connectivity index (χ0n) is 4.13. The molecule has 3 N–H and O–H groups in total. The molecule has 0 unspecified atom stereocenters. The van der Waals surface area contributed by atoms with Crippen LogP contribution in [0.25, 0.3) is 0 Å². The average molecular weight is 105 g/mol. The Labute approximate surface area is 41.6 Å². The predicted molar refractivity (Wildman–Crippen MR) is 25.5 cm³/mol. The summed E-state index contributed by atoms with van der Waals surface area (Å²) in [6, 6.07) is 0. The molecule has 0 radical (unpaired) electrons. The molecule has 0 saturated heterocycles. The van der Waals surface area contributed by atoms with Crippen LogP contribution < -0.4 is 0 Å². The highest BCUT2D eigenvalue weighted by molar-refractivity contribution is 5.59. The Kier molecular flexibility index (Phi) is 1.92. The molecule has 3 nitrogen and oxygen atoms in total. The fourth-order valence-electron chi connectivity index (χ4n) is 0.0913. The second-order valence-corrected chi connectivity index (χ2v) is 1.36. The van der Waals surface area contributed by atoms with Gasteiger partial charge in [0.05, 0.1) is 0 Å². The minimum atomic E-state index is -1.99. The molecule has 0 aromatic heterocycles. The first kappa shape index (κ1) is 6.59. The standard InChI is InChI=1S/C4H8O3/c1-2-4(6,7)3-5/h3,6-7H,2H2,1H3/p+1. The second-order valence-electron chi connectivity index (χ2n) is 1.36. The molecule has 0 spiro atoms. The van der Waals surface area contributed by atoms with Crippen molar-refractivity contribution in [2.75, 3.05) is 0 Å². The van der Waals surface area contributed by atoms with Crippen LogP contribution >= 0.6 is 0 Å². The lowest BCUT2D eigenvalue weighted by atomic mass is 10.2. The summed E-state index contributed by atoms with van der Waals surface area (Å²) in [4.78, 5) is 7.97. The van der Waals surface area contributed by atoms with Crippen LogP contribution in [0.3, 0.4) is 0 Å². The largest absolute Gasteiger partial charge is 0.356 e. The fraction of sp³-hybridized carbons (Fsp3) is 0.750. The lowest BCUT2D eigenvalue weighted by molar-refractivity contribution is -0.0998. The second kappa shape index (κ2) is 2.04. The molecular weight excluding hydrogens is 96.0 g/mol. The van der Waals surface area contributed by atoms with Crippen LogP contribution in [0.4, 0.5) is 0 Å². The van der Waals surface area contributed by atoms with E-state index in [2.05, 4.69) is 0 Å². The fourth-order valence-corrected chi connectivity index (χ4v) is 0.0913. The van der Waals surface area contributed by atoms with Gasteiger partial charge in [0.25, 0.3) is 5.79 Å². The molecule has 0 rings (SSSR count). The third kappa shape index (κ3) is 2.31. The quantitative estimate of drug-likeness (QED) is 0.276. The maximum absolute atomic E-state index is 8.38. The van der Waals surface area contributed by atoms with E-state index in [1.54, 1.807) is 6.92 Å². The van der Waals surface area contributed by atoms with Crippen LogP contribution in [0.5, 0.6) is 0 Å². The van der Waals surface area contributed by atoms with Crippen molar-refractivity contribution in [3.05, 3.63) is 0 Å². The first-order valence-electron chi connectivity index (χ1n) is 2.05. The number of carbonyl (C=O) groups excluding carboxylic acids is 1. The van der Waals surface area contributed by atoms with E-state index in [9.17, 15) is 0 Å². The van der Waals surface area contributed by atoms with Gasteiger partial charge in [-0.1, -0.05) is 6.92 Å². The van der Waals surface area contributed by atoms with Gasteiger partial charge in [-0.2, -0.15) is 0 Å². The molecule has 0 heterocycles. The van der Waals surface area contributed by atoms with E-state index in [0.29, 0.717) is 6.29 Å². The van der Waals surface area contributed by atoms with Gasteiger partial charge in [0.15, 0.2) is 0 Å². The molecule has 0 aliphatic heterocycles. The Hall–Kier alpha value is -0.410. The van der Waals surface area contributed by atoms with E-state index in [-0.39, 0.29) is 6.42 Å². The molecule has 7 heavy (non-hydrogen) atoms. The lowest BCUT2D eigenvalue weighted by Gasteiger charge is -2.04. The van der Waals surface area contributed by atoms with Crippen molar-refractivity contribution in [3.8, 4) is 0 Å². The normalized spacial score (nSPS) is 11.3. The van der Waals surface area contributed by atoms with Crippen LogP contribution in [0, 0.1) is 0 Å². The SMILES string of the molecule is CCC(O)(O)C=[OH+]. The van der Waals surface area contributed by atoms with Crippen molar-refractivity contribution in [2.24, 2.45) is 0 Å². The summed E-state index contributed by atoms with van der Waals surface area (Å²) in [5, 5.41) is 16.8. The predicted octanol–water partition coefficient (Wildman–Crippen LogP) is -0.748. The molecule has 0 atom stereocenters. The molecule has 0 aliphatic carbocycles. The molecule has 0 aliphatic rings. The molecular formula is C4H9O3+. The molecule has 42 valence electrons. The van der Waals surface area contributed by atoms with Crippen molar-refractivity contribution in [1.29, 1.82) is 0 Å². The number of aliphatic hydroxyl groups is 2. The van der Waals surface area contributed by atoms with Crippen LogP contribution in [0.1, 0.15) is 13.3 Å². The van der Waals surface area contributed by atoms with Gasteiger partial charge in [-0.05, 0) is 0 Å². The van der Waals surface area contributed by atoms with Gasteiger partial charge in [-0.15, -0.1) is 0 Å². The Morgan fingerprint density at radius 2 is 2.14 bits per heavy atom. The van der Waals surface area contributed by atoms with Gasteiger partial charge < -0.3 is 10.2 Å². The average Bonchev–Trinajstić information content (AvgIpc) is 1.68. The van der Waals surface area contributed by atoms with E-state index < -0.39 is 5.79 Å². The van der Waals surface area contributed by atoms with Gasteiger partial charge in [0, 0.05) is 6.42 Å². The third-order valence-electron chi connectivity index (χ3n) is 0.727. The smallest absolute Gasteiger partial charge is 0.340 e. The summed E-state index contributed by atoms with van der Waals surface area (Å²) in [7, 11) is 0. The molecule has 3 heteroatoms. The van der Waals surface area contributed by atoms with E-state index in [1.165, 1.54) is 0 Å². The third-order valence-corrected chi connectivity index (χ3v) is 0.727. The molecule has 0 aromatic rings. The van der Waals surface area contributed by atoms with Gasteiger partial charge in [0.1, 0.15) is 0 Å². The van der Waals surface area contributed by atoms with Crippen molar-refractivity contribution in [1.82, 2.24) is 0 Å². The highest BCUT2D eigenvalue weighted by Gasteiger charge is 2.22. The molecule has 0 aromatic carbocycles. The molecule has 0 fully saturated rings. The summed E-state index contributed by atoms with van der Waals surface area (Å²) in [5.74, 6) is -1.99. The first-order valence-corrected chi connectivity index (χ1v) is 2.05. The van der Waals surface area contributed by atoms with Crippen molar-refractivity contribution in [2.45, 2.75) is 19.1 Å². The van der Waals surface area contributed by atoms with E-state index in [1.807, 2.05) is 0 Å². The highest BCUT2D eigenvalue weighted by atomic mass is 16.5. The monoisotopic (exact) mass is 105 g/mol. The number of hydrogen-bond acceptors (Lipinski definition) is 2. The number of rotatable bonds is 2. The molecule has 0 saturated carbocycles. The number of aldehydes is 1. The van der Waals surface area contributed by atoms with Crippen molar-refractivity contribution >= 4 is 6.29 Å². The maximum atomic E-state index is 8.38. The maximum Gasteiger partial charge on any atom is 0.340 e. The topological polar surface area (TPSA) is 61.9 Å². The van der Waals surface area contributed by atoms with Gasteiger partial charge in [-0.3, -0.25) is 4.79 Å². The first-order chi connectivity index (χ1) is 3.12. The Balaban J connectivity index is 3.58. The number of hydrogen-bond donors (Lipinski definition) is 2. The lowest BCUT2D eigenvalue weighted by Crippen LogP contribution is -2.28. The summed E-state index contributed by atoms with van der Waals surface area (Å²) >= 11 is 0. The van der Waals surface area contributed by atoms with E-state index in [0.717, 1.165) is 0 Å². The van der Waals surface area contributed by atoms with Gasteiger partial charge >= 0.3 is 6.29 Å². The van der Waals surface area contributed by atoms with Crippen LogP contribution in [0.15, 0.2) is 0 Å². The van der Waals surface area contributed by atoms with E-state index >= 15 is 0 Å². The van der Waals surface area contributed by atoms with Gasteiger partial charge in [0.2, 0.25) is 0 Å². The van der Waals surface area contributed by atoms with Crippen LogP contribution in [-0.4, -0.2) is 27.1 Å². The molecule has 0 bridgehead atoms. The summed E-state index contributed by atoms with van der Waals surface area (Å²) in [6.07, 6.45) is 0.455. The zero-order chi connectivity index (χ0) is 5.91. The Bertz CT molecular complexity index is 67.3. The highest BCUT2D eigenvalue weighted by Crippen LogP contribution is 1.97. The van der Waals surface area contributed by atoms with Crippen molar-refractivity contribution < 1.29 is 15.0 Å². The van der Waals surface area contributed by atoms with Gasteiger partial charge in [-0.25, -0.2) is 0 Å². The van der Waals surface area contributed by atoms with Crippen molar-refractivity contribution in [3.63, 3.8) is 0 Å². The minimum absolute atomic E-state index is 0.101. The Morgan fingerprint density at radius 1 is 1.71 bits per heavy atom. The molecule has 0 amide bonds. The summed E-state index contributed by atoms with van der Waals surface area (Å²) in [5.41, 5.74) is 0. The van der Waals surface area contributed by atoms with Crippen LogP contribution in [-0.2, 0) is 0 Å². The summed E-state index contributed by atoms with van der Waals surface area (Å²) < 4.78 is 0. The minimum Gasteiger partial charge on any atom is -0.356 e. The Morgan fingerprint density at radius 3 is 2.14 bits per heavy atom. The zero-order valence-corrected chi connectivity index (χ0v) is 4.13. The summed E-state index contributed by atoms with van der Waals surface area (Å²) in [6.45, 7) is 1.55.